The first kappa shape index (κ1) is 17.5. The van der Waals surface area contributed by atoms with Crippen LogP contribution in [0.25, 0.3) is 11.5 Å². The number of hydrogen-bond acceptors (Lipinski definition) is 7. The highest BCUT2D eigenvalue weighted by Gasteiger charge is 2.26. The van der Waals surface area contributed by atoms with Crippen molar-refractivity contribution in [1.82, 2.24) is 14.3 Å². The van der Waals surface area contributed by atoms with Crippen molar-refractivity contribution in [2.45, 2.75) is 13.0 Å². The molecule has 0 amide bonds. The standard InChI is InChI=1S/C18H19N5O3S/c1-27(24,25)23-9-7-16-12(11-23)10-17(26-16)15-6-8-20-18(22-15)21-14-4-2-13(19)3-5-14/h2-6,8,10H,7,9,11,19H2,1H3,(H,20,21,22). The van der Waals surface area contributed by atoms with Gasteiger partial charge in [-0.3, -0.25) is 0 Å². The van der Waals surface area contributed by atoms with E-state index >= 15 is 0 Å². The molecule has 4 rings (SSSR count). The van der Waals surface area contributed by atoms with Gasteiger partial charge in [-0.1, -0.05) is 0 Å². The number of nitrogens with two attached hydrogens (primary N) is 1. The van der Waals surface area contributed by atoms with Gasteiger partial charge < -0.3 is 15.5 Å². The molecule has 0 unspecified atom stereocenters. The second-order valence-corrected chi connectivity index (χ2v) is 8.40. The maximum absolute atomic E-state index is 11.8. The van der Waals surface area contributed by atoms with Crippen LogP contribution in [-0.2, 0) is 23.0 Å². The molecule has 1 aliphatic rings. The fraction of sp³-hybridized carbons (Fsp3) is 0.222. The van der Waals surface area contributed by atoms with Crippen molar-refractivity contribution < 1.29 is 12.8 Å². The highest BCUT2D eigenvalue weighted by molar-refractivity contribution is 7.88. The normalized spacial score (nSPS) is 14.7. The zero-order chi connectivity index (χ0) is 19.0. The Morgan fingerprint density at radius 2 is 2.00 bits per heavy atom. The van der Waals surface area contributed by atoms with E-state index in [2.05, 4.69) is 15.3 Å². The Morgan fingerprint density at radius 3 is 2.74 bits per heavy atom. The van der Waals surface area contributed by atoms with E-state index < -0.39 is 10.0 Å². The number of nitrogens with one attached hydrogen (secondary N) is 1. The van der Waals surface area contributed by atoms with E-state index in [1.165, 1.54) is 10.6 Å². The zero-order valence-corrected chi connectivity index (χ0v) is 15.5. The SMILES string of the molecule is CS(=O)(=O)N1CCc2oc(-c3ccnc(Nc4ccc(N)cc4)n3)cc2C1. The van der Waals surface area contributed by atoms with E-state index in [1.807, 2.05) is 18.2 Å². The highest BCUT2D eigenvalue weighted by Crippen LogP contribution is 2.30. The van der Waals surface area contributed by atoms with Crippen molar-refractivity contribution in [1.29, 1.82) is 0 Å². The van der Waals surface area contributed by atoms with Gasteiger partial charge in [-0.2, -0.15) is 4.31 Å². The summed E-state index contributed by atoms with van der Waals surface area (Å²) in [7, 11) is -3.22. The molecule has 0 radical (unpaired) electrons. The molecule has 140 valence electrons. The van der Waals surface area contributed by atoms with E-state index in [4.69, 9.17) is 10.2 Å². The molecule has 0 saturated heterocycles. The summed E-state index contributed by atoms with van der Waals surface area (Å²) in [5.41, 5.74) is 8.69. The number of aromatic nitrogens is 2. The van der Waals surface area contributed by atoms with Crippen LogP contribution in [0.5, 0.6) is 0 Å². The van der Waals surface area contributed by atoms with Crippen LogP contribution in [0.15, 0.2) is 47.0 Å². The Kier molecular flexibility index (Phi) is 4.33. The maximum atomic E-state index is 11.8. The number of nitrogen functional groups attached to an aromatic ring is 1. The molecule has 1 aliphatic heterocycles. The number of furan rings is 1. The smallest absolute Gasteiger partial charge is 0.227 e. The molecule has 9 heteroatoms. The summed E-state index contributed by atoms with van der Waals surface area (Å²) < 4.78 is 30.9. The molecular formula is C18H19N5O3S. The second kappa shape index (κ2) is 6.67. The highest BCUT2D eigenvalue weighted by atomic mass is 32.2. The van der Waals surface area contributed by atoms with Gasteiger partial charge in [-0.25, -0.2) is 18.4 Å². The Morgan fingerprint density at radius 1 is 1.22 bits per heavy atom. The lowest BCUT2D eigenvalue weighted by Gasteiger charge is -2.23. The average Bonchev–Trinajstić information content (AvgIpc) is 3.07. The van der Waals surface area contributed by atoms with Crippen molar-refractivity contribution in [3.63, 3.8) is 0 Å². The minimum atomic E-state index is -3.22. The number of sulfonamides is 1. The molecule has 2 aromatic heterocycles. The lowest BCUT2D eigenvalue weighted by molar-refractivity contribution is 0.366. The molecule has 0 atom stereocenters. The van der Waals surface area contributed by atoms with Crippen LogP contribution in [0.2, 0.25) is 0 Å². The minimum Gasteiger partial charge on any atom is -0.459 e. The molecular weight excluding hydrogens is 366 g/mol. The summed E-state index contributed by atoms with van der Waals surface area (Å²) in [5.74, 6) is 1.83. The van der Waals surface area contributed by atoms with Crippen LogP contribution < -0.4 is 11.1 Å². The lowest BCUT2D eigenvalue weighted by atomic mass is 10.1. The van der Waals surface area contributed by atoms with Crippen LogP contribution in [-0.4, -0.2) is 35.5 Å². The van der Waals surface area contributed by atoms with Crippen LogP contribution in [0.3, 0.4) is 0 Å². The summed E-state index contributed by atoms with van der Waals surface area (Å²) in [6, 6.07) is 10.9. The van der Waals surface area contributed by atoms with E-state index in [0.29, 0.717) is 42.6 Å². The molecule has 0 spiro atoms. The first-order valence-corrected chi connectivity index (χ1v) is 10.3. The van der Waals surface area contributed by atoms with Gasteiger partial charge in [-0.05, 0) is 36.4 Å². The first-order valence-electron chi connectivity index (χ1n) is 8.41. The Bertz CT molecular complexity index is 1080. The molecule has 0 bridgehead atoms. The Balaban J connectivity index is 1.58. The molecule has 3 N–H and O–H groups in total. The molecule has 0 aliphatic carbocycles. The quantitative estimate of drug-likeness (QED) is 0.663. The predicted molar refractivity (Wildman–Crippen MR) is 103 cm³/mol. The third-order valence-corrected chi connectivity index (χ3v) is 5.63. The van der Waals surface area contributed by atoms with Crippen molar-refractivity contribution >= 4 is 27.3 Å². The molecule has 8 nitrogen and oxygen atoms in total. The third-order valence-electron chi connectivity index (χ3n) is 4.38. The van der Waals surface area contributed by atoms with E-state index in [-0.39, 0.29) is 0 Å². The fourth-order valence-electron chi connectivity index (χ4n) is 2.97. The second-order valence-electron chi connectivity index (χ2n) is 6.42. The largest absolute Gasteiger partial charge is 0.459 e. The van der Waals surface area contributed by atoms with Gasteiger partial charge in [0.1, 0.15) is 11.5 Å². The maximum Gasteiger partial charge on any atom is 0.227 e. The van der Waals surface area contributed by atoms with Gasteiger partial charge in [0, 0.05) is 42.6 Å². The van der Waals surface area contributed by atoms with Crippen LogP contribution in [0.4, 0.5) is 17.3 Å². The van der Waals surface area contributed by atoms with Gasteiger partial charge in [0.2, 0.25) is 16.0 Å². The van der Waals surface area contributed by atoms with Gasteiger partial charge in [0.25, 0.3) is 0 Å². The van der Waals surface area contributed by atoms with Gasteiger partial charge >= 0.3 is 0 Å². The number of anilines is 3. The lowest BCUT2D eigenvalue weighted by Crippen LogP contribution is -2.34. The molecule has 0 saturated carbocycles. The van der Waals surface area contributed by atoms with Crippen LogP contribution in [0, 0.1) is 0 Å². The fourth-order valence-corrected chi connectivity index (χ4v) is 3.76. The van der Waals surface area contributed by atoms with E-state index in [0.717, 1.165) is 17.0 Å². The first-order chi connectivity index (χ1) is 12.9. The minimum absolute atomic E-state index is 0.319. The molecule has 3 aromatic rings. The molecule has 3 heterocycles. The predicted octanol–water partition coefficient (Wildman–Crippen LogP) is 2.38. The summed E-state index contributed by atoms with van der Waals surface area (Å²) in [6.45, 7) is 0.742. The number of rotatable bonds is 4. The average molecular weight is 385 g/mol. The number of hydrogen-bond donors (Lipinski definition) is 2. The summed E-state index contributed by atoms with van der Waals surface area (Å²) in [6.07, 6.45) is 3.41. The van der Waals surface area contributed by atoms with Crippen molar-refractivity contribution in [2.75, 3.05) is 23.9 Å². The monoisotopic (exact) mass is 385 g/mol. The molecule has 0 fully saturated rings. The van der Waals surface area contributed by atoms with Crippen LogP contribution >= 0.6 is 0 Å². The molecule has 1 aromatic carbocycles. The number of nitrogens with zero attached hydrogens (tertiary/aromatic N) is 3. The third kappa shape index (κ3) is 3.79. The van der Waals surface area contributed by atoms with Gasteiger partial charge in [0.15, 0.2) is 5.76 Å². The number of fused-ring (bicyclic) bond motifs is 1. The molecule has 27 heavy (non-hydrogen) atoms. The topological polar surface area (TPSA) is 114 Å². The Hall–Kier alpha value is -2.91. The van der Waals surface area contributed by atoms with Crippen molar-refractivity contribution in [3.05, 3.63) is 53.9 Å². The van der Waals surface area contributed by atoms with Gasteiger partial charge in [-0.15, -0.1) is 0 Å². The van der Waals surface area contributed by atoms with E-state index in [9.17, 15) is 8.42 Å². The zero-order valence-electron chi connectivity index (χ0n) is 14.7. The summed E-state index contributed by atoms with van der Waals surface area (Å²) in [5, 5.41) is 3.12. The van der Waals surface area contributed by atoms with E-state index in [1.54, 1.807) is 24.4 Å². The Labute approximate surface area is 157 Å². The summed E-state index contributed by atoms with van der Waals surface area (Å²) in [4.78, 5) is 8.72. The van der Waals surface area contributed by atoms with Gasteiger partial charge in [0.05, 0.1) is 6.26 Å². The van der Waals surface area contributed by atoms with Crippen molar-refractivity contribution in [3.8, 4) is 11.5 Å². The van der Waals surface area contributed by atoms with Crippen molar-refractivity contribution in [2.24, 2.45) is 0 Å². The summed E-state index contributed by atoms with van der Waals surface area (Å²) >= 11 is 0. The van der Waals surface area contributed by atoms with Crippen LogP contribution in [0.1, 0.15) is 11.3 Å². The number of benzene rings is 1.